The summed E-state index contributed by atoms with van der Waals surface area (Å²) in [7, 11) is -3.00. The van der Waals surface area contributed by atoms with Gasteiger partial charge in [0, 0.05) is 36.0 Å². The summed E-state index contributed by atoms with van der Waals surface area (Å²) in [5.41, 5.74) is 0.610. The molecule has 0 saturated heterocycles. The summed E-state index contributed by atoms with van der Waals surface area (Å²) in [6.07, 6.45) is 5.80. The number of hydrogen-bond donors (Lipinski definition) is 3. The van der Waals surface area contributed by atoms with E-state index in [0.717, 1.165) is 49.2 Å². The molecule has 47 heavy (non-hydrogen) atoms. The number of carboxylic acids is 2. The first-order valence-corrected chi connectivity index (χ1v) is 16.8. The number of ether oxygens (including phenoxy) is 2. The molecule has 15 heteroatoms. The standard InChI is InChI=1S/C28H38N4O6S.C4H4O4/c1-5-30(6-2)19-27(33)29-20-13-16-26(25(17-20)37-4)39(35,36)32-23-15-14-22(38-7-3)18-24(23)31(28(32)34)21-11-9-8-10-12-21;5-3(6)1-2-4(7)8/h13-18,21H,5-12,19H2,1-4H3,(H,29,33);1-2H,(H,5,6)(H,7,8)/b;2-1+. The van der Waals surface area contributed by atoms with E-state index in [0.29, 0.717) is 35.7 Å². The monoisotopic (exact) mass is 674 g/mol. The minimum absolute atomic E-state index is 0.0343. The fourth-order valence-electron chi connectivity index (χ4n) is 5.40. The van der Waals surface area contributed by atoms with Crippen molar-refractivity contribution in [2.45, 2.75) is 63.8 Å². The predicted octanol–water partition coefficient (Wildman–Crippen LogP) is 3.94. The number of carboxylic acid groups (broad SMARTS) is 2. The molecule has 1 aliphatic rings. The van der Waals surface area contributed by atoms with Crippen LogP contribution in [-0.2, 0) is 24.4 Å². The number of fused-ring (bicyclic) bond motifs is 1. The van der Waals surface area contributed by atoms with Crippen molar-refractivity contribution in [3.05, 3.63) is 59.0 Å². The van der Waals surface area contributed by atoms with E-state index < -0.39 is 27.7 Å². The molecule has 0 spiro atoms. The van der Waals surface area contributed by atoms with Crippen LogP contribution in [0.5, 0.6) is 11.5 Å². The number of rotatable bonds is 13. The molecule has 3 aromatic rings. The van der Waals surface area contributed by atoms with Crippen LogP contribution in [0.2, 0.25) is 0 Å². The van der Waals surface area contributed by atoms with E-state index in [4.69, 9.17) is 19.7 Å². The summed E-state index contributed by atoms with van der Waals surface area (Å²) in [4.78, 5) is 47.3. The maximum absolute atomic E-state index is 14.1. The molecule has 256 valence electrons. The molecule has 0 bridgehead atoms. The van der Waals surface area contributed by atoms with Crippen molar-refractivity contribution < 1.29 is 42.5 Å². The van der Waals surface area contributed by atoms with E-state index in [1.54, 1.807) is 22.8 Å². The smallest absolute Gasteiger partial charge is 0.343 e. The zero-order valence-electron chi connectivity index (χ0n) is 27.0. The van der Waals surface area contributed by atoms with Gasteiger partial charge in [-0.3, -0.25) is 14.3 Å². The zero-order valence-corrected chi connectivity index (χ0v) is 27.8. The third kappa shape index (κ3) is 9.23. The summed E-state index contributed by atoms with van der Waals surface area (Å²) >= 11 is 0. The van der Waals surface area contributed by atoms with Gasteiger partial charge in [-0.15, -0.1) is 0 Å². The first-order chi connectivity index (χ1) is 22.4. The summed E-state index contributed by atoms with van der Waals surface area (Å²) in [6.45, 7) is 7.96. The number of aliphatic carboxylic acids is 2. The second-order valence-corrected chi connectivity index (χ2v) is 12.4. The van der Waals surface area contributed by atoms with Crippen molar-refractivity contribution in [3.8, 4) is 11.5 Å². The average molecular weight is 675 g/mol. The van der Waals surface area contributed by atoms with Crippen molar-refractivity contribution in [2.24, 2.45) is 0 Å². The van der Waals surface area contributed by atoms with Crippen LogP contribution in [0, 0.1) is 0 Å². The predicted molar refractivity (Wildman–Crippen MR) is 176 cm³/mol. The molecule has 1 amide bonds. The highest BCUT2D eigenvalue weighted by atomic mass is 32.2. The van der Waals surface area contributed by atoms with Gasteiger partial charge in [0.05, 0.1) is 31.3 Å². The summed E-state index contributed by atoms with van der Waals surface area (Å²) in [5, 5.41) is 18.4. The van der Waals surface area contributed by atoms with Gasteiger partial charge in [0.15, 0.2) is 0 Å². The molecule has 3 N–H and O–H groups in total. The van der Waals surface area contributed by atoms with E-state index >= 15 is 0 Å². The number of methoxy groups -OCH3 is 1. The maximum Gasteiger partial charge on any atom is 0.343 e. The first kappa shape index (κ1) is 36.8. The zero-order chi connectivity index (χ0) is 34.7. The van der Waals surface area contributed by atoms with E-state index in [9.17, 15) is 27.6 Å². The average Bonchev–Trinajstić information content (AvgIpc) is 3.34. The van der Waals surface area contributed by atoms with Gasteiger partial charge in [0.2, 0.25) is 5.91 Å². The lowest BCUT2D eigenvalue weighted by Crippen LogP contribution is -2.33. The summed E-state index contributed by atoms with van der Waals surface area (Å²) in [6, 6.07) is 9.28. The van der Waals surface area contributed by atoms with Crippen LogP contribution in [0.15, 0.2) is 58.2 Å². The molecule has 1 fully saturated rings. The molecule has 4 rings (SSSR count). The Morgan fingerprint density at radius 3 is 2.15 bits per heavy atom. The molecule has 14 nitrogen and oxygen atoms in total. The van der Waals surface area contributed by atoms with Crippen molar-refractivity contribution >= 4 is 44.6 Å². The summed E-state index contributed by atoms with van der Waals surface area (Å²) < 4.78 is 41.7. The maximum atomic E-state index is 14.1. The normalized spacial score (nSPS) is 13.7. The molecule has 1 saturated carbocycles. The largest absolute Gasteiger partial charge is 0.495 e. The molecule has 0 aliphatic heterocycles. The Morgan fingerprint density at radius 1 is 0.957 bits per heavy atom. The third-order valence-electron chi connectivity index (χ3n) is 7.65. The number of carbonyl (C=O) groups is 3. The Bertz CT molecular complexity index is 1750. The lowest BCUT2D eigenvalue weighted by Gasteiger charge is -2.23. The van der Waals surface area contributed by atoms with Crippen molar-refractivity contribution in [1.29, 1.82) is 0 Å². The van der Waals surface area contributed by atoms with Crippen LogP contribution in [0.25, 0.3) is 11.0 Å². The van der Waals surface area contributed by atoms with Crippen molar-refractivity contribution in [3.63, 3.8) is 0 Å². The lowest BCUT2D eigenvalue weighted by molar-refractivity contribution is -0.134. The van der Waals surface area contributed by atoms with Gasteiger partial charge >= 0.3 is 17.6 Å². The van der Waals surface area contributed by atoms with Crippen molar-refractivity contribution in [2.75, 3.05) is 38.7 Å². The molecule has 1 aliphatic carbocycles. The Hall–Kier alpha value is -4.63. The SMILES string of the molecule is CCOc1ccc2c(c1)n(C1CCCCC1)c(=O)n2S(=O)(=O)c1ccc(NC(=O)CN(CC)CC)cc1OC.O=C(O)/C=C/C(=O)O. The highest BCUT2D eigenvalue weighted by Crippen LogP contribution is 2.34. The van der Waals surface area contributed by atoms with Gasteiger partial charge in [-0.25, -0.2) is 22.8 Å². The minimum atomic E-state index is -4.36. The van der Waals surface area contributed by atoms with Crippen LogP contribution < -0.4 is 20.5 Å². The highest BCUT2D eigenvalue weighted by molar-refractivity contribution is 7.90. The Morgan fingerprint density at radius 2 is 1.60 bits per heavy atom. The summed E-state index contributed by atoms with van der Waals surface area (Å²) in [5.74, 6) is -2.12. The molecule has 2 aromatic carbocycles. The van der Waals surface area contributed by atoms with Crippen LogP contribution in [0.3, 0.4) is 0 Å². The second kappa shape index (κ2) is 16.8. The molecular weight excluding hydrogens is 632 g/mol. The Kier molecular flexibility index (Phi) is 13.2. The minimum Gasteiger partial charge on any atom is -0.495 e. The number of aromatic nitrogens is 2. The molecular formula is C32H42N4O10S. The number of carbonyl (C=O) groups excluding carboxylic acids is 1. The fraction of sp³-hybridized carbons (Fsp3) is 0.438. The van der Waals surface area contributed by atoms with E-state index in [1.165, 1.54) is 25.3 Å². The van der Waals surface area contributed by atoms with E-state index in [-0.39, 0.29) is 34.7 Å². The van der Waals surface area contributed by atoms with Gasteiger partial charge < -0.3 is 25.0 Å². The number of nitrogens with zero attached hydrogens (tertiary/aromatic N) is 3. The van der Waals surface area contributed by atoms with Crippen molar-refractivity contribution in [1.82, 2.24) is 13.4 Å². The van der Waals surface area contributed by atoms with Crippen LogP contribution in [0.4, 0.5) is 5.69 Å². The van der Waals surface area contributed by atoms with Gasteiger partial charge in [-0.05, 0) is 57.1 Å². The topological polar surface area (TPSA) is 186 Å². The molecule has 0 unspecified atom stereocenters. The molecule has 0 atom stereocenters. The number of likely N-dealkylation sites (N-methyl/N-ethyl adjacent to an activating group) is 1. The molecule has 1 aromatic heterocycles. The van der Waals surface area contributed by atoms with Gasteiger partial charge in [0.1, 0.15) is 16.4 Å². The van der Waals surface area contributed by atoms with Gasteiger partial charge in [-0.2, -0.15) is 3.97 Å². The third-order valence-corrected chi connectivity index (χ3v) is 9.38. The highest BCUT2D eigenvalue weighted by Gasteiger charge is 2.31. The number of anilines is 1. The number of hydrogen-bond acceptors (Lipinski definition) is 9. The number of nitrogens with one attached hydrogen (secondary N) is 1. The van der Waals surface area contributed by atoms with E-state index in [2.05, 4.69) is 5.32 Å². The fourth-order valence-corrected chi connectivity index (χ4v) is 6.94. The molecule has 0 radical (unpaired) electrons. The number of imidazole rings is 1. The van der Waals surface area contributed by atoms with E-state index in [1.807, 2.05) is 25.7 Å². The molecule has 1 heterocycles. The quantitative estimate of drug-likeness (QED) is 0.223. The van der Waals surface area contributed by atoms with Crippen LogP contribution in [0.1, 0.15) is 58.9 Å². The number of amides is 1. The van der Waals surface area contributed by atoms with Crippen LogP contribution in [-0.4, -0.2) is 83.3 Å². The lowest BCUT2D eigenvalue weighted by atomic mass is 9.95. The van der Waals surface area contributed by atoms with Gasteiger partial charge in [0.25, 0.3) is 10.0 Å². The second-order valence-electron chi connectivity index (χ2n) is 10.7. The van der Waals surface area contributed by atoms with Crippen LogP contribution >= 0.6 is 0 Å². The number of benzene rings is 2. The van der Waals surface area contributed by atoms with Gasteiger partial charge in [-0.1, -0.05) is 33.1 Å². The Labute approximate surface area is 273 Å². The first-order valence-electron chi connectivity index (χ1n) is 15.4. The Balaban J connectivity index is 0.000000665.